The van der Waals surface area contributed by atoms with Gasteiger partial charge < -0.3 is 15.5 Å². The molecule has 1 aliphatic rings. The van der Waals surface area contributed by atoms with E-state index in [0.717, 1.165) is 38.1 Å². The highest BCUT2D eigenvalue weighted by molar-refractivity contribution is 5.94. The van der Waals surface area contributed by atoms with Crippen molar-refractivity contribution in [1.29, 1.82) is 0 Å². The number of benzene rings is 1. The Morgan fingerprint density at radius 1 is 1.21 bits per heavy atom. The van der Waals surface area contributed by atoms with Crippen LogP contribution in [0.1, 0.15) is 39.5 Å². The lowest BCUT2D eigenvalue weighted by atomic mass is 9.84. The fraction of sp³-hybridized carbons (Fsp3) is 0.600. The maximum Gasteiger partial charge on any atom is 0.244 e. The van der Waals surface area contributed by atoms with Crippen LogP contribution in [0.5, 0.6) is 0 Å². The molecule has 2 rings (SSSR count). The van der Waals surface area contributed by atoms with Gasteiger partial charge >= 0.3 is 0 Å². The minimum Gasteiger partial charge on any atom is -0.333 e. The van der Waals surface area contributed by atoms with E-state index in [4.69, 9.17) is 0 Å². The van der Waals surface area contributed by atoms with E-state index in [0.29, 0.717) is 25.3 Å². The third kappa shape index (κ3) is 5.95. The standard InChI is InChI=1S/C20H28F3N3O2/c1-3-10-26(18(28)11-13(2)14-6-8-24-9-7-14)12-17(27)25-16-5-4-15(21)19(22)20(16)23/h4-5,13-14,24H,3,6-12H2,1-2H3,(H,25,27). The summed E-state index contributed by atoms with van der Waals surface area (Å²) >= 11 is 0. The van der Waals surface area contributed by atoms with Crippen LogP contribution < -0.4 is 10.6 Å². The van der Waals surface area contributed by atoms with Crippen molar-refractivity contribution in [2.45, 2.75) is 39.5 Å². The van der Waals surface area contributed by atoms with Crippen molar-refractivity contribution in [3.05, 3.63) is 29.6 Å². The Labute approximate surface area is 163 Å². The number of rotatable bonds is 8. The van der Waals surface area contributed by atoms with Crippen LogP contribution in [0.3, 0.4) is 0 Å². The van der Waals surface area contributed by atoms with Gasteiger partial charge in [-0.05, 0) is 56.3 Å². The van der Waals surface area contributed by atoms with Gasteiger partial charge in [0.2, 0.25) is 11.8 Å². The molecule has 0 spiro atoms. The Morgan fingerprint density at radius 3 is 2.54 bits per heavy atom. The van der Waals surface area contributed by atoms with E-state index < -0.39 is 29.0 Å². The zero-order valence-corrected chi connectivity index (χ0v) is 16.4. The summed E-state index contributed by atoms with van der Waals surface area (Å²) in [6.07, 6.45) is 3.06. The Kier molecular flexibility index (Phi) is 8.29. The van der Waals surface area contributed by atoms with E-state index in [1.165, 1.54) is 4.90 Å². The van der Waals surface area contributed by atoms with Gasteiger partial charge in [0.15, 0.2) is 17.5 Å². The smallest absolute Gasteiger partial charge is 0.244 e. The number of carbonyl (C=O) groups excluding carboxylic acids is 2. The second-order valence-corrected chi connectivity index (χ2v) is 7.36. The summed E-state index contributed by atoms with van der Waals surface area (Å²) in [5.74, 6) is -4.53. The monoisotopic (exact) mass is 399 g/mol. The number of anilines is 1. The van der Waals surface area contributed by atoms with Crippen molar-refractivity contribution in [2.75, 3.05) is 31.5 Å². The summed E-state index contributed by atoms with van der Waals surface area (Å²) in [5.41, 5.74) is -0.448. The molecule has 1 unspecified atom stereocenters. The lowest BCUT2D eigenvalue weighted by molar-refractivity contribution is -0.135. The van der Waals surface area contributed by atoms with E-state index in [-0.39, 0.29) is 18.4 Å². The maximum absolute atomic E-state index is 13.7. The molecule has 1 aliphatic heterocycles. The van der Waals surface area contributed by atoms with Crippen molar-refractivity contribution in [3.8, 4) is 0 Å². The van der Waals surface area contributed by atoms with Gasteiger partial charge in [-0.25, -0.2) is 13.2 Å². The third-order valence-corrected chi connectivity index (χ3v) is 5.18. The summed E-state index contributed by atoms with van der Waals surface area (Å²) in [6.45, 7) is 5.97. The van der Waals surface area contributed by atoms with Crippen LogP contribution in [0.2, 0.25) is 0 Å². The predicted octanol–water partition coefficient (Wildman–Crippen LogP) is 3.31. The van der Waals surface area contributed by atoms with E-state index >= 15 is 0 Å². The molecule has 0 aromatic heterocycles. The largest absolute Gasteiger partial charge is 0.333 e. The van der Waals surface area contributed by atoms with Crippen LogP contribution in [0, 0.1) is 29.3 Å². The number of hydrogen-bond donors (Lipinski definition) is 2. The second-order valence-electron chi connectivity index (χ2n) is 7.36. The minimum atomic E-state index is -1.64. The molecule has 156 valence electrons. The highest BCUT2D eigenvalue weighted by Crippen LogP contribution is 2.25. The zero-order valence-electron chi connectivity index (χ0n) is 16.4. The Bertz CT molecular complexity index is 694. The first-order valence-corrected chi connectivity index (χ1v) is 9.75. The van der Waals surface area contributed by atoms with Crippen molar-refractivity contribution >= 4 is 17.5 Å². The van der Waals surface area contributed by atoms with Gasteiger partial charge in [-0.15, -0.1) is 0 Å². The molecular formula is C20H28F3N3O2. The van der Waals surface area contributed by atoms with Gasteiger partial charge in [-0.3, -0.25) is 9.59 Å². The summed E-state index contributed by atoms with van der Waals surface area (Å²) in [4.78, 5) is 26.4. The Morgan fingerprint density at radius 2 is 1.89 bits per heavy atom. The van der Waals surface area contributed by atoms with Gasteiger partial charge in [0.1, 0.15) is 0 Å². The average molecular weight is 399 g/mol. The SMILES string of the molecule is CCCN(CC(=O)Nc1ccc(F)c(F)c1F)C(=O)CC(C)C1CCNCC1. The molecule has 1 aromatic rings. The Balaban J connectivity index is 1.96. The van der Waals surface area contributed by atoms with Crippen LogP contribution >= 0.6 is 0 Å². The van der Waals surface area contributed by atoms with Crippen molar-refractivity contribution in [2.24, 2.45) is 11.8 Å². The predicted molar refractivity (Wildman–Crippen MR) is 101 cm³/mol. The van der Waals surface area contributed by atoms with Crippen LogP contribution in [0.25, 0.3) is 0 Å². The van der Waals surface area contributed by atoms with Gasteiger partial charge in [0, 0.05) is 13.0 Å². The number of halogens is 3. The molecule has 0 bridgehead atoms. The molecule has 5 nitrogen and oxygen atoms in total. The molecule has 2 N–H and O–H groups in total. The normalized spacial score (nSPS) is 15.9. The lowest BCUT2D eigenvalue weighted by Crippen LogP contribution is -2.40. The molecule has 1 aromatic carbocycles. The molecule has 0 radical (unpaired) electrons. The maximum atomic E-state index is 13.7. The first-order chi connectivity index (χ1) is 13.3. The Hall–Kier alpha value is -2.09. The first-order valence-electron chi connectivity index (χ1n) is 9.75. The first kappa shape index (κ1) is 22.2. The number of nitrogens with one attached hydrogen (secondary N) is 2. The molecule has 1 atom stereocenters. The number of carbonyl (C=O) groups is 2. The number of nitrogens with zero attached hydrogens (tertiary/aromatic N) is 1. The van der Waals surface area contributed by atoms with E-state index in [1.807, 2.05) is 6.92 Å². The van der Waals surface area contributed by atoms with Crippen LogP contribution in [0.4, 0.5) is 18.9 Å². The van der Waals surface area contributed by atoms with E-state index in [2.05, 4.69) is 17.6 Å². The summed E-state index contributed by atoms with van der Waals surface area (Å²) in [5, 5.41) is 5.51. The molecule has 1 fully saturated rings. The highest BCUT2D eigenvalue weighted by atomic mass is 19.2. The van der Waals surface area contributed by atoms with Crippen LogP contribution in [-0.4, -0.2) is 42.9 Å². The number of amides is 2. The van der Waals surface area contributed by atoms with Gasteiger partial charge in [-0.1, -0.05) is 13.8 Å². The van der Waals surface area contributed by atoms with Crippen molar-refractivity contribution in [1.82, 2.24) is 10.2 Å². The molecular weight excluding hydrogens is 371 g/mol. The molecule has 0 saturated carbocycles. The van der Waals surface area contributed by atoms with E-state index in [1.54, 1.807) is 0 Å². The lowest BCUT2D eigenvalue weighted by Gasteiger charge is -2.30. The second kappa shape index (κ2) is 10.5. The molecule has 1 heterocycles. The quantitative estimate of drug-likeness (QED) is 0.660. The molecule has 8 heteroatoms. The highest BCUT2D eigenvalue weighted by Gasteiger charge is 2.25. The number of piperidine rings is 1. The zero-order chi connectivity index (χ0) is 20.7. The van der Waals surface area contributed by atoms with Gasteiger partial charge in [0.25, 0.3) is 0 Å². The fourth-order valence-electron chi connectivity index (χ4n) is 3.53. The molecule has 1 saturated heterocycles. The summed E-state index contributed by atoms with van der Waals surface area (Å²) < 4.78 is 40.0. The van der Waals surface area contributed by atoms with Crippen molar-refractivity contribution < 1.29 is 22.8 Å². The van der Waals surface area contributed by atoms with Crippen LogP contribution in [-0.2, 0) is 9.59 Å². The van der Waals surface area contributed by atoms with Gasteiger partial charge in [-0.2, -0.15) is 0 Å². The fourth-order valence-corrected chi connectivity index (χ4v) is 3.53. The van der Waals surface area contributed by atoms with E-state index in [9.17, 15) is 22.8 Å². The number of hydrogen-bond acceptors (Lipinski definition) is 3. The minimum absolute atomic E-state index is 0.131. The topological polar surface area (TPSA) is 61.4 Å². The average Bonchev–Trinajstić information content (AvgIpc) is 2.68. The van der Waals surface area contributed by atoms with Crippen molar-refractivity contribution in [3.63, 3.8) is 0 Å². The summed E-state index contributed by atoms with van der Waals surface area (Å²) in [6, 6.07) is 1.69. The molecule has 28 heavy (non-hydrogen) atoms. The van der Waals surface area contributed by atoms with Crippen LogP contribution in [0.15, 0.2) is 12.1 Å². The molecule has 2 amide bonds. The summed E-state index contributed by atoms with van der Waals surface area (Å²) in [7, 11) is 0. The third-order valence-electron chi connectivity index (χ3n) is 5.18. The van der Waals surface area contributed by atoms with Gasteiger partial charge in [0.05, 0.1) is 12.2 Å². The molecule has 0 aliphatic carbocycles.